The van der Waals surface area contributed by atoms with E-state index < -0.39 is 11.7 Å². The van der Waals surface area contributed by atoms with Gasteiger partial charge in [0.05, 0.1) is 23.0 Å². The fourth-order valence-electron chi connectivity index (χ4n) is 2.50. The second kappa shape index (κ2) is 6.08. The molecule has 1 fully saturated rings. The number of alkyl halides is 4. The van der Waals surface area contributed by atoms with Crippen LogP contribution in [0.5, 0.6) is 0 Å². The molecule has 2 rings (SSSR count). The van der Waals surface area contributed by atoms with Crippen LogP contribution in [0.3, 0.4) is 0 Å². The second-order valence-corrected chi connectivity index (χ2v) is 7.20. The Kier molecular flexibility index (Phi) is 4.95. The molecule has 1 aromatic carbocycles. The summed E-state index contributed by atoms with van der Waals surface area (Å²) in [4.78, 5) is 2.06. The van der Waals surface area contributed by atoms with Crippen LogP contribution in [0.25, 0.3) is 0 Å². The summed E-state index contributed by atoms with van der Waals surface area (Å²) in [6.07, 6.45) is -4.33. The van der Waals surface area contributed by atoms with Crippen LogP contribution in [-0.2, 0) is 10.9 Å². The SMILES string of the molecule is CC1(C)CN(c2ccc(C(F)(F)F)cc2Br)CC(CBr)O1. The molecule has 0 saturated carbocycles. The van der Waals surface area contributed by atoms with Crippen LogP contribution < -0.4 is 4.90 Å². The van der Waals surface area contributed by atoms with Gasteiger partial charge in [-0.05, 0) is 48.0 Å². The third kappa shape index (κ3) is 4.13. The van der Waals surface area contributed by atoms with Gasteiger partial charge >= 0.3 is 6.18 Å². The fourth-order valence-corrected chi connectivity index (χ4v) is 3.47. The van der Waals surface area contributed by atoms with E-state index in [1.807, 2.05) is 13.8 Å². The molecule has 1 heterocycles. The highest BCUT2D eigenvalue weighted by molar-refractivity contribution is 9.10. The maximum absolute atomic E-state index is 12.7. The number of hydrogen-bond donors (Lipinski definition) is 0. The van der Waals surface area contributed by atoms with Crippen molar-refractivity contribution in [2.75, 3.05) is 23.3 Å². The predicted octanol–water partition coefficient (Wildman–Crippen LogP) is 4.85. The van der Waals surface area contributed by atoms with Gasteiger partial charge in [-0.25, -0.2) is 0 Å². The molecule has 1 aliphatic heterocycles. The highest BCUT2D eigenvalue weighted by Gasteiger charge is 2.35. The second-order valence-electron chi connectivity index (χ2n) is 5.70. The summed E-state index contributed by atoms with van der Waals surface area (Å²) in [5.41, 5.74) is -0.244. The molecule has 0 spiro atoms. The van der Waals surface area contributed by atoms with Crippen LogP contribution in [-0.4, -0.2) is 30.1 Å². The van der Waals surface area contributed by atoms with Gasteiger partial charge in [-0.15, -0.1) is 0 Å². The van der Waals surface area contributed by atoms with Crippen LogP contribution in [0.1, 0.15) is 19.4 Å². The number of ether oxygens (including phenoxy) is 1. The van der Waals surface area contributed by atoms with E-state index in [0.717, 1.165) is 17.8 Å². The summed E-state index contributed by atoms with van der Waals surface area (Å²) in [7, 11) is 0. The maximum Gasteiger partial charge on any atom is 0.416 e. The van der Waals surface area contributed by atoms with Gasteiger partial charge in [0.15, 0.2) is 0 Å². The maximum atomic E-state index is 12.7. The van der Waals surface area contributed by atoms with Gasteiger partial charge in [0.25, 0.3) is 0 Å². The summed E-state index contributed by atoms with van der Waals surface area (Å²) in [6.45, 7) is 5.22. The van der Waals surface area contributed by atoms with Crippen LogP contribution in [0.2, 0.25) is 0 Å². The molecule has 21 heavy (non-hydrogen) atoms. The lowest BCUT2D eigenvalue weighted by atomic mass is 10.0. The number of morpholine rings is 1. The zero-order valence-corrected chi connectivity index (χ0v) is 14.8. The topological polar surface area (TPSA) is 12.5 Å². The van der Waals surface area contributed by atoms with Crippen molar-refractivity contribution in [3.05, 3.63) is 28.2 Å². The Bertz CT molecular complexity index is 519. The van der Waals surface area contributed by atoms with Crippen molar-refractivity contribution in [2.45, 2.75) is 31.7 Å². The summed E-state index contributed by atoms with van der Waals surface area (Å²) in [6, 6.07) is 3.76. The third-order valence-corrected chi connectivity index (χ3v) is 4.63. The molecule has 118 valence electrons. The van der Waals surface area contributed by atoms with Gasteiger partial charge in [-0.1, -0.05) is 15.9 Å². The van der Waals surface area contributed by atoms with E-state index in [4.69, 9.17) is 4.74 Å². The van der Waals surface area contributed by atoms with Crippen LogP contribution >= 0.6 is 31.9 Å². The Labute approximate surface area is 138 Å². The van der Waals surface area contributed by atoms with E-state index in [2.05, 4.69) is 36.8 Å². The van der Waals surface area contributed by atoms with Gasteiger partial charge in [-0.3, -0.25) is 0 Å². The first kappa shape index (κ1) is 17.1. The molecule has 0 aliphatic carbocycles. The molecular formula is C14H16Br2F3NO. The van der Waals surface area contributed by atoms with Crippen molar-refractivity contribution in [3.63, 3.8) is 0 Å². The molecule has 0 amide bonds. The van der Waals surface area contributed by atoms with Crippen LogP contribution in [0.4, 0.5) is 18.9 Å². The average Bonchev–Trinajstić information content (AvgIpc) is 2.35. The van der Waals surface area contributed by atoms with E-state index in [0.29, 0.717) is 22.9 Å². The van der Waals surface area contributed by atoms with Gasteiger partial charge in [0, 0.05) is 22.9 Å². The minimum absolute atomic E-state index is 0.00272. The van der Waals surface area contributed by atoms with Gasteiger partial charge in [-0.2, -0.15) is 13.2 Å². The Hall–Kier alpha value is -0.270. The number of nitrogens with zero attached hydrogens (tertiary/aromatic N) is 1. The normalized spacial score (nSPS) is 22.4. The zero-order chi connectivity index (χ0) is 15.8. The van der Waals surface area contributed by atoms with Crippen molar-refractivity contribution in [3.8, 4) is 0 Å². The van der Waals surface area contributed by atoms with E-state index in [1.165, 1.54) is 6.07 Å². The number of anilines is 1. The van der Waals surface area contributed by atoms with Crippen molar-refractivity contribution in [1.29, 1.82) is 0 Å². The minimum atomic E-state index is -4.33. The molecule has 0 aromatic heterocycles. The van der Waals surface area contributed by atoms with E-state index >= 15 is 0 Å². The highest BCUT2D eigenvalue weighted by Crippen LogP contribution is 2.37. The van der Waals surface area contributed by atoms with Crippen molar-refractivity contribution < 1.29 is 17.9 Å². The quantitative estimate of drug-likeness (QED) is 0.622. The Morgan fingerprint density at radius 2 is 2.05 bits per heavy atom. The molecule has 2 nitrogen and oxygen atoms in total. The minimum Gasteiger partial charge on any atom is -0.368 e. The first-order chi connectivity index (χ1) is 9.62. The molecule has 1 unspecified atom stereocenters. The monoisotopic (exact) mass is 429 g/mol. The Balaban J connectivity index is 2.29. The largest absolute Gasteiger partial charge is 0.416 e. The predicted molar refractivity (Wildman–Crippen MR) is 84.1 cm³/mol. The first-order valence-electron chi connectivity index (χ1n) is 6.48. The lowest BCUT2D eigenvalue weighted by Gasteiger charge is -2.43. The fraction of sp³-hybridized carbons (Fsp3) is 0.571. The average molecular weight is 431 g/mol. The summed E-state index contributed by atoms with van der Waals surface area (Å²) in [5, 5.41) is 0.686. The molecule has 1 saturated heterocycles. The Morgan fingerprint density at radius 3 is 2.57 bits per heavy atom. The van der Waals surface area contributed by atoms with Crippen LogP contribution in [0.15, 0.2) is 22.7 Å². The molecule has 7 heteroatoms. The molecular weight excluding hydrogens is 415 g/mol. The van der Waals surface area contributed by atoms with E-state index in [1.54, 1.807) is 0 Å². The third-order valence-electron chi connectivity index (χ3n) is 3.27. The summed E-state index contributed by atoms with van der Waals surface area (Å²) in [5.74, 6) is 0. The number of benzene rings is 1. The summed E-state index contributed by atoms with van der Waals surface area (Å²) >= 11 is 6.67. The van der Waals surface area contributed by atoms with Crippen LogP contribution in [0, 0.1) is 0 Å². The Morgan fingerprint density at radius 1 is 1.38 bits per heavy atom. The molecule has 0 N–H and O–H groups in total. The highest BCUT2D eigenvalue weighted by atomic mass is 79.9. The van der Waals surface area contributed by atoms with E-state index in [9.17, 15) is 13.2 Å². The molecule has 0 radical (unpaired) electrons. The van der Waals surface area contributed by atoms with Gasteiger partial charge in [0.1, 0.15) is 0 Å². The number of hydrogen-bond acceptors (Lipinski definition) is 2. The lowest BCUT2D eigenvalue weighted by molar-refractivity contribution is -0.137. The number of halogens is 5. The smallest absolute Gasteiger partial charge is 0.368 e. The van der Waals surface area contributed by atoms with E-state index in [-0.39, 0.29) is 11.7 Å². The van der Waals surface area contributed by atoms with Gasteiger partial charge < -0.3 is 9.64 Å². The molecule has 0 bridgehead atoms. The van der Waals surface area contributed by atoms with Crippen molar-refractivity contribution in [2.24, 2.45) is 0 Å². The lowest BCUT2D eigenvalue weighted by Crippen LogP contribution is -2.53. The molecule has 1 aliphatic rings. The zero-order valence-electron chi connectivity index (χ0n) is 11.7. The first-order valence-corrected chi connectivity index (χ1v) is 8.39. The van der Waals surface area contributed by atoms with Crippen molar-refractivity contribution >= 4 is 37.5 Å². The van der Waals surface area contributed by atoms with Crippen molar-refractivity contribution in [1.82, 2.24) is 0 Å². The summed E-state index contributed by atoms with van der Waals surface area (Å²) < 4.78 is 44.5. The molecule has 1 aromatic rings. The standard InChI is InChI=1S/C14H16Br2F3NO/c1-13(2)8-20(7-10(6-15)21-13)12-4-3-9(5-11(12)16)14(17,18)19/h3-5,10H,6-8H2,1-2H3. The van der Waals surface area contributed by atoms with Gasteiger partial charge in [0.2, 0.25) is 0 Å². The molecule has 1 atom stereocenters. The number of rotatable bonds is 2.